The predicted molar refractivity (Wildman–Crippen MR) is 55.7 cm³/mol. The molecule has 6 nitrogen and oxygen atoms in total. The zero-order valence-electron chi connectivity index (χ0n) is 9.03. The molecule has 0 aliphatic rings. The standard InChI is InChI=1S/C9H17N5O/c1-6(2)3-7(10)9(15)11-4-8-12-5-13-14-8/h5-7H,3-4,10H2,1-2H3,(H,11,15)(H,12,13,14)/t7-/m1/s1. The highest BCUT2D eigenvalue weighted by molar-refractivity contribution is 5.81. The molecule has 6 heteroatoms. The van der Waals surface area contributed by atoms with Crippen molar-refractivity contribution in [2.24, 2.45) is 11.7 Å². The number of aromatic nitrogens is 3. The fourth-order valence-corrected chi connectivity index (χ4v) is 1.23. The maximum absolute atomic E-state index is 11.5. The van der Waals surface area contributed by atoms with Crippen molar-refractivity contribution in [1.29, 1.82) is 0 Å². The van der Waals surface area contributed by atoms with Gasteiger partial charge in [0.2, 0.25) is 5.91 Å². The van der Waals surface area contributed by atoms with Crippen LogP contribution < -0.4 is 11.1 Å². The van der Waals surface area contributed by atoms with Crippen molar-refractivity contribution in [3.8, 4) is 0 Å². The number of H-pyrrole nitrogens is 1. The van der Waals surface area contributed by atoms with Crippen LogP contribution in [0.4, 0.5) is 0 Å². The van der Waals surface area contributed by atoms with E-state index in [1.807, 2.05) is 13.8 Å². The zero-order chi connectivity index (χ0) is 11.3. The van der Waals surface area contributed by atoms with Crippen LogP contribution in [0, 0.1) is 5.92 Å². The van der Waals surface area contributed by atoms with Gasteiger partial charge in [-0.3, -0.25) is 9.89 Å². The lowest BCUT2D eigenvalue weighted by molar-refractivity contribution is -0.122. The summed E-state index contributed by atoms with van der Waals surface area (Å²) in [6, 6.07) is -0.451. The van der Waals surface area contributed by atoms with E-state index in [0.717, 1.165) is 0 Å². The van der Waals surface area contributed by atoms with Crippen molar-refractivity contribution in [2.45, 2.75) is 32.9 Å². The molecule has 0 bridgehead atoms. The molecule has 84 valence electrons. The lowest BCUT2D eigenvalue weighted by Gasteiger charge is -2.13. The number of carbonyl (C=O) groups excluding carboxylic acids is 1. The number of rotatable bonds is 5. The molecule has 0 saturated carbocycles. The molecular weight excluding hydrogens is 194 g/mol. The number of amides is 1. The molecule has 0 radical (unpaired) electrons. The van der Waals surface area contributed by atoms with Gasteiger partial charge in [-0.1, -0.05) is 13.8 Å². The highest BCUT2D eigenvalue weighted by Gasteiger charge is 2.14. The summed E-state index contributed by atoms with van der Waals surface area (Å²) >= 11 is 0. The molecule has 1 heterocycles. The monoisotopic (exact) mass is 211 g/mol. The van der Waals surface area contributed by atoms with E-state index in [4.69, 9.17) is 5.73 Å². The summed E-state index contributed by atoms with van der Waals surface area (Å²) in [5.41, 5.74) is 5.70. The average Bonchev–Trinajstić information content (AvgIpc) is 2.65. The summed E-state index contributed by atoms with van der Waals surface area (Å²) < 4.78 is 0. The third kappa shape index (κ3) is 4.07. The van der Waals surface area contributed by atoms with E-state index >= 15 is 0 Å². The second kappa shape index (κ2) is 5.45. The third-order valence-corrected chi connectivity index (χ3v) is 1.96. The number of hydrogen-bond donors (Lipinski definition) is 3. The van der Waals surface area contributed by atoms with Crippen LogP contribution in [-0.2, 0) is 11.3 Å². The van der Waals surface area contributed by atoms with Crippen LogP contribution in [-0.4, -0.2) is 27.1 Å². The maximum Gasteiger partial charge on any atom is 0.237 e. The molecule has 1 rings (SSSR count). The van der Waals surface area contributed by atoms with Crippen molar-refractivity contribution in [3.63, 3.8) is 0 Å². The van der Waals surface area contributed by atoms with Gasteiger partial charge in [-0.05, 0) is 12.3 Å². The van der Waals surface area contributed by atoms with Gasteiger partial charge in [0.05, 0.1) is 12.6 Å². The Kier molecular flexibility index (Phi) is 4.23. The third-order valence-electron chi connectivity index (χ3n) is 1.96. The SMILES string of the molecule is CC(C)C[C@@H](N)C(=O)NCc1ncn[nH]1. The summed E-state index contributed by atoms with van der Waals surface area (Å²) in [7, 11) is 0. The molecule has 0 saturated heterocycles. The normalized spacial score (nSPS) is 12.8. The Morgan fingerprint density at radius 1 is 1.67 bits per heavy atom. The molecule has 0 aromatic carbocycles. The molecule has 0 spiro atoms. The summed E-state index contributed by atoms with van der Waals surface area (Å²) in [5.74, 6) is 0.885. The van der Waals surface area contributed by atoms with E-state index in [9.17, 15) is 4.79 Å². The van der Waals surface area contributed by atoms with Crippen LogP contribution in [0.5, 0.6) is 0 Å². The van der Waals surface area contributed by atoms with Crippen LogP contribution in [0.1, 0.15) is 26.1 Å². The lowest BCUT2D eigenvalue weighted by Crippen LogP contribution is -2.41. The van der Waals surface area contributed by atoms with Gasteiger partial charge >= 0.3 is 0 Å². The van der Waals surface area contributed by atoms with Crippen LogP contribution in [0.3, 0.4) is 0 Å². The topological polar surface area (TPSA) is 96.7 Å². The highest BCUT2D eigenvalue weighted by Crippen LogP contribution is 2.02. The Morgan fingerprint density at radius 2 is 2.40 bits per heavy atom. The second-order valence-electron chi connectivity index (χ2n) is 3.89. The summed E-state index contributed by atoms with van der Waals surface area (Å²) in [6.07, 6.45) is 2.08. The Hall–Kier alpha value is -1.43. The highest BCUT2D eigenvalue weighted by atomic mass is 16.2. The largest absolute Gasteiger partial charge is 0.347 e. The Labute approximate surface area is 88.7 Å². The first kappa shape index (κ1) is 11.6. The fraction of sp³-hybridized carbons (Fsp3) is 0.667. The van der Waals surface area contributed by atoms with E-state index in [2.05, 4.69) is 20.5 Å². The van der Waals surface area contributed by atoms with Crippen LogP contribution >= 0.6 is 0 Å². The number of aromatic amines is 1. The smallest absolute Gasteiger partial charge is 0.237 e. The first-order chi connectivity index (χ1) is 7.09. The molecule has 0 fully saturated rings. The molecular formula is C9H17N5O. The van der Waals surface area contributed by atoms with Crippen molar-refractivity contribution >= 4 is 5.91 Å². The number of nitrogens with zero attached hydrogens (tertiary/aromatic N) is 2. The molecule has 1 atom stereocenters. The maximum atomic E-state index is 11.5. The molecule has 0 aliphatic carbocycles. The van der Waals surface area contributed by atoms with E-state index in [1.54, 1.807) is 0 Å². The predicted octanol–water partition coefficient (Wildman–Crippen LogP) is -0.206. The minimum absolute atomic E-state index is 0.153. The molecule has 1 amide bonds. The minimum Gasteiger partial charge on any atom is -0.347 e. The average molecular weight is 211 g/mol. The van der Waals surface area contributed by atoms with Crippen LogP contribution in [0.15, 0.2) is 6.33 Å². The quantitative estimate of drug-likeness (QED) is 0.628. The van der Waals surface area contributed by atoms with Gasteiger partial charge in [-0.25, -0.2) is 4.98 Å². The van der Waals surface area contributed by atoms with E-state index in [-0.39, 0.29) is 5.91 Å². The second-order valence-corrected chi connectivity index (χ2v) is 3.89. The first-order valence-corrected chi connectivity index (χ1v) is 4.97. The number of nitrogens with two attached hydrogens (primary N) is 1. The van der Waals surface area contributed by atoms with Gasteiger partial charge in [0.15, 0.2) is 0 Å². The fourth-order valence-electron chi connectivity index (χ4n) is 1.23. The molecule has 0 aliphatic heterocycles. The number of nitrogens with one attached hydrogen (secondary N) is 2. The lowest BCUT2D eigenvalue weighted by atomic mass is 10.0. The Balaban J connectivity index is 2.29. The first-order valence-electron chi connectivity index (χ1n) is 4.97. The molecule has 4 N–H and O–H groups in total. The van der Waals surface area contributed by atoms with Crippen LogP contribution in [0.25, 0.3) is 0 Å². The van der Waals surface area contributed by atoms with Crippen molar-refractivity contribution < 1.29 is 4.79 Å². The molecule has 1 aromatic rings. The Morgan fingerprint density at radius 3 is 2.93 bits per heavy atom. The van der Waals surface area contributed by atoms with E-state index in [1.165, 1.54) is 6.33 Å². The van der Waals surface area contributed by atoms with E-state index < -0.39 is 6.04 Å². The number of hydrogen-bond acceptors (Lipinski definition) is 4. The number of carbonyl (C=O) groups is 1. The van der Waals surface area contributed by atoms with Gasteiger partial charge in [-0.2, -0.15) is 5.10 Å². The molecule has 0 unspecified atom stereocenters. The Bertz CT molecular complexity index is 295. The molecule has 15 heavy (non-hydrogen) atoms. The van der Waals surface area contributed by atoms with Gasteiger partial charge in [0.25, 0.3) is 0 Å². The van der Waals surface area contributed by atoms with Gasteiger partial charge in [-0.15, -0.1) is 0 Å². The van der Waals surface area contributed by atoms with Crippen molar-refractivity contribution in [1.82, 2.24) is 20.5 Å². The zero-order valence-corrected chi connectivity index (χ0v) is 9.03. The van der Waals surface area contributed by atoms with Crippen LogP contribution in [0.2, 0.25) is 0 Å². The van der Waals surface area contributed by atoms with Crippen molar-refractivity contribution in [2.75, 3.05) is 0 Å². The summed E-state index contributed by atoms with van der Waals surface area (Å²) in [5, 5.41) is 9.02. The van der Waals surface area contributed by atoms with Gasteiger partial charge in [0.1, 0.15) is 12.2 Å². The summed E-state index contributed by atoms with van der Waals surface area (Å²) in [6.45, 7) is 4.40. The van der Waals surface area contributed by atoms with Gasteiger partial charge in [0, 0.05) is 0 Å². The van der Waals surface area contributed by atoms with Crippen molar-refractivity contribution in [3.05, 3.63) is 12.2 Å². The molecule has 1 aromatic heterocycles. The minimum atomic E-state index is -0.451. The van der Waals surface area contributed by atoms with Gasteiger partial charge < -0.3 is 11.1 Å². The summed E-state index contributed by atoms with van der Waals surface area (Å²) in [4.78, 5) is 15.4. The van der Waals surface area contributed by atoms with E-state index in [0.29, 0.717) is 24.7 Å².